The number of aliphatic hydroxyl groups excluding tert-OH is 4. The van der Waals surface area contributed by atoms with Gasteiger partial charge in [-0.05, 0) is 57.1 Å². The molecule has 10 nitrogen and oxygen atoms in total. The van der Waals surface area contributed by atoms with Crippen molar-refractivity contribution in [1.82, 2.24) is 0 Å². The van der Waals surface area contributed by atoms with E-state index in [-0.39, 0.29) is 23.1 Å². The van der Waals surface area contributed by atoms with Crippen molar-refractivity contribution >= 4 is 0 Å². The van der Waals surface area contributed by atoms with E-state index in [1.54, 1.807) is 30.9 Å². The third-order valence-electron chi connectivity index (χ3n) is 9.38. The van der Waals surface area contributed by atoms with Gasteiger partial charge in [0.15, 0.2) is 5.60 Å². The zero-order chi connectivity index (χ0) is 26.7. The Kier molecular flexibility index (Phi) is 6.78. The molecule has 1 spiro atoms. The highest BCUT2D eigenvalue weighted by atomic mass is 17.3. The van der Waals surface area contributed by atoms with Crippen molar-refractivity contribution in [3.05, 3.63) is 40.5 Å². The SMILES string of the molecule is COC1(c2ccc(C#N)c(O[C@@H]3OC(CO)[C@H](O)[C@H](O)C3O)c2)OOC12C1CCCC2C2=C(CCCC2)C1. The van der Waals surface area contributed by atoms with E-state index in [4.69, 9.17) is 24.0 Å². The lowest BCUT2D eigenvalue weighted by atomic mass is 9.53. The molecule has 9 atom stereocenters. The Bertz CT molecular complexity index is 1140. The van der Waals surface area contributed by atoms with Crippen LogP contribution in [0.5, 0.6) is 5.75 Å². The van der Waals surface area contributed by atoms with Crippen LogP contribution < -0.4 is 4.74 Å². The average molecular weight is 530 g/mol. The van der Waals surface area contributed by atoms with Crippen LogP contribution in [0.1, 0.15) is 62.5 Å². The van der Waals surface area contributed by atoms with Crippen LogP contribution in [0.3, 0.4) is 0 Å². The molecule has 0 amide bonds. The van der Waals surface area contributed by atoms with Gasteiger partial charge in [0.05, 0.1) is 12.2 Å². The van der Waals surface area contributed by atoms with E-state index in [9.17, 15) is 25.7 Å². The first kappa shape index (κ1) is 26.2. The molecule has 1 saturated carbocycles. The summed E-state index contributed by atoms with van der Waals surface area (Å²) in [5.74, 6) is -0.739. The van der Waals surface area contributed by atoms with Crippen LogP contribution in [0.4, 0.5) is 0 Å². The summed E-state index contributed by atoms with van der Waals surface area (Å²) in [6.45, 7) is -0.586. The number of fused-ring (bicyclic) bond motifs is 1. The highest BCUT2D eigenvalue weighted by molar-refractivity contribution is 5.48. The maximum atomic E-state index is 10.5. The van der Waals surface area contributed by atoms with Crippen molar-refractivity contribution in [1.29, 1.82) is 5.26 Å². The molecule has 2 heterocycles. The van der Waals surface area contributed by atoms with Crippen molar-refractivity contribution < 1.29 is 44.4 Å². The minimum absolute atomic E-state index is 0.0925. The van der Waals surface area contributed by atoms with Gasteiger partial charge in [0.2, 0.25) is 6.29 Å². The first-order valence-electron chi connectivity index (χ1n) is 13.5. The van der Waals surface area contributed by atoms with Gasteiger partial charge in [0.25, 0.3) is 5.79 Å². The van der Waals surface area contributed by atoms with E-state index in [1.165, 1.54) is 18.4 Å². The molecule has 2 bridgehead atoms. The summed E-state index contributed by atoms with van der Waals surface area (Å²) in [7, 11) is 1.60. The molecule has 206 valence electrons. The number of ether oxygens (including phenoxy) is 3. The van der Waals surface area contributed by atoms with E-state index in [1.807, 2.05) is 0 Å². The normalized spacial score (nSPS) is 42.3. The maximum Gasteiger partial charge on any atom is 0.261 e. The van der Waals surface area contributed by atoms with Crippen molar-refractivity contribution in [2.75, 3.05) is 13.7 Å². The Morgan fingerprint density at radius 2 is 1.87 bits per heavy atom. The maximum absolute atomic E-state index is 10.5. The lowest BCUT2D eigenvalue weighted by molar-refractivity contribution is -0.639. The molecule has 6 unspecified atom stereocenters. The highest BCUT2D eigenvalue weighted by Gasteiger charge is 2.75. The fourth-order valence-electron chi connectivity index (χ4n) is 7.54. The summed E-state index contributed by atoms with van der Waals surface area (Å²) in [5.41, 5.74) is 3.14. The lowest BCUT2D eigenvalue weighted by Gasteiger charge is -2.65. The zero-order valence-electron chi connectivity index (χ0n) is 21.4. The molecule has 0 aromatic heterocycles. The Balaban J connectivity index is 1.37. The fourth-order valence-corrected chi connectivity index (χ4v) is 7.54. The van der Waals surface area contributed by atoms with E-state index in [0.717, 1.165) is 38.5 Å². The van der Waals surface area contributed by atoms with Gasteiger partial charge < -0.3 is 34.6 Å². The van der Waals surface area contributed by atoms with E-state index >= 15 is 0 Å². The zero-order valence-corrected chi connectivity index (χ0v) is 21.4. The number of hydrogen-bond acceptors (Lipinski definition) is 10. The molecule has 2 aliphatic heterocycles. The fraction of sp³-hybridized carbons (Fsp3) is 0.679. The summed E-state index contributed by atoms with van der Waals surface area (Å²) < 4.78 is 17.6. The van der Waals surface area contributed by atoms with Gasteiger partial charge in [0, 0.05) is 24.5 Å². The van der Waals surface area contributed by atoms with E-state index in [0.29, 0.717) is 5.56 Å². The highest BCUT2D eigenvalue weighted by Crippen LogP contribution is 2.66. The number of allylic oxidation sites excluding steroid dienone is 1. The third-order valence-corrected chi connectivity index (χ3v) is 9.38. The number of aliphatic hydroxyl groups is 4. The van der Waals surface area contributed by atoms with Crippen molar-refractivity contribution in [2.24, 2.45) is 11.8 Å². The van der Waals surface area contributed by atoms with Crippen molar-refractivity contribution in [3.8, 4) is 11.8 Å². The molecule has 6 rings (SSSR count). The summed E-state index contributed by atoms with van der Waals surface area (Å²) in [6.07, 6.45) is 1.41. The second-order valence-corrected chi connectivity index (χ2v) is 11.1. The Hall–Kier alpha value is -2.07. The van der Waals surface area contributed by atoms with Crippen LogP contribution in [0.2, 0.25) is 0 Å². The number of rotatable bonds is 5. The number of methoxy groups -OCH3 is 1. The first-order chi connectivity index (χ1) is 18.4. The van der Waals surface area contributed by atoms with Gasteiger partial charge in [-0.1, -0.05) is 23.6 Å². The second kappa shape index (κ2) is 9.84. The molecule has 0 radical (unpaired) electrons. The molecule has 5 aliphatic rings. The van der Waals surface area contributed by atoms with Crippen LogP contribution in [0.15, 0.2) is 29.3 Å². The third kappa shape index (κ3) is 3.61. The van der Waals surface area contributed by atoms with Gasteiger partial charge >= 0.3 is 0 Å². The summed E-state index contributed by atoms with van der Waals surface area (Å²) >= 11 is 0. The molecule has 3 aliphatic carbocycles. The van der Waals surface area contributed by atoms with Crippen molar-refractivity contribution in [2.45, 2.75) is 93.5 Å². The van der Waals surface area contributed by atoms with Gasteiger partial charge in [-0.15, -0.1) is 0 Å². The minimum Gasteiger partial charge on any atom is -0.461 e. The summed E-state index contributed by atoms with van der Waals surface area (Å²) in [5, 5.41) is 50.1. The number of nitrogens with zero attached hydrogens (tertiary/aromatic N) is 1. The van der Waals surface area contributed by atoms with E-state index < -0.39 is 48.7 Å². The molecule has 1 aromatic rings. The predicted octanol–water partition coefficient (Wildman–Crippen LogP) is 1.93. The summed E-state index contributed by atoms with van der Waals surface area (Å²) in [6, 6.07) is 7.08. The second-order valence-electron chi connectivity index (χ2n) is 11.1. The van der Waals surface area contributed by atoms with Crippen molar-refractivity contribution in [3.63, 3.8) is 0 Å². The molecule has 2 saturated heterocycles. The van der Waals surface area contributed by atoms with Crippen LogP contribution >= 0.6 is 0 Å². The molecule has 38 heavy (non-hydrogen) atoms. The predicted molar refractivity (Wildman–Crippen MR) is 130 cm³/mol. The molecular weight excluding hydrogens is 494 g/mol. The van der Waals surface area contributed by atoms with Crippen LogP contribution in [0.25, 0.3) is 0 Å². The Labute approximate surface area is 221 Å². The molecular formula is C28H35NO9. The smallest absolute Gasteiger partial charge is 0.261 e. The van der Waals surface area contributed by atoms with Crippen LogP contribution in [0, 0.1) is 23.2 Å². The Morgan fingerprint density at radius 3 is 2.58 bits per heavy atom. The standard InChI is InChI=1S/C28H35NO9/c1-34-28(27(37-38-28)17-6-4-8-20(27)19-7-3-2-5-15(19)11-17)18-10-9-16(13-29)21(12-18)35-26-25(33)24(32)23(31)22(14-30)36-26/h9-10,12,17,20,22-26,30-33H,2-8,11,14H2,1H3/t17?,20?,22?,23-,24-,25?,26+,27?,28?/m0/s1. The molecule has 1 aromatic carbocycles. The van der Waals surface area contributed by atoms with Gasteiger partial charge in [-0.2, -0.15) is 10.1 Å². The number of benzene rings is 1. The van der Waals surface area contributed by atoms with Gasteiger partial charge in [0.1, 0.15) is 36.2 Å². The summed E-state index contributed by atoms with van der Waals surface area (Å²) in [4.78, 5) is 12.0. The topological polar surface area (TPSA) is 151 Å². The molecule has 3 fully saturated rings. The van der Waals surface area contributed by atoms with Gasteiger partial charge in [-0.3, -0.25) is 0 Å². The number of nitriles is 1. The average Bonchev–Trinajstić information content (AvgIpc) is 2.93. The first-order valence-corrected chi connectivity index (χ1v) is 13.5. The van der Waals surface area contributed by atoms with E-state index in [2.05, 4.69) is 6.07 Å². The molecule has 10 heteroatoms. The number of hydrogen-bond donors (Lipinski definition) is 4. The monoisotopic (exact) mass is 529 g/mol. The lowest BCUT2D eigenvalue weighted by Crippen LogP contribution is -2.74. The van der Waals surface area contributed by atoms with Gasteiger partial charge in [-0.25, -0.2) is 4.89 Å². The quantitative estimate of drug-likeness (QED) is 0.329. The van der Waals surface area contributed by atoms with Crippen LogP contribution in [-0.2, 0) is 25.0 Å². The Morgan fingerprint density at radius 1 is 1.05 bits per heavy atom. The largest absolute Gasteiger partial charge is 0.461 e. The van der Waals surface area contributed by atoms with Crippen LogP contribution in [-0.4, -0.2) is 70.4 Å². The molecule has 4 N–H and O–H groups in total. The minimum atomic E-state index is -1.61.